The molecule has 0 aliphatic heterocycles. The Morgan fingerprint density at radius 1 is 1.10 bits per heavy atom. The highest BCUT2D eigenvalue weighted by Crippen LogP contribution is 2.47. The van der Waals surface area contributed by atoms with Gasteiger partial charge >= 0.3 is 0 Å². The fourth-order valence-corrected chi connectivity index (χ4v) is 2.74. The molecule has 2 aromatic carbocycles. The van der Waals surface area contributed by atoms with E-state index in [0.717, 1.165) is 16.5 Å². The molecule has 2 unspecified atom stereocenters. The van der Waals surface area contributed by atoms with Crippen LogP contribution in [0.3, 0.4) is 0 Å². The van der Waals surface area contributed by atoms with Crippen molar-refractivity contribution in [1.29, 1.82) is 0 Å². The number of hydrogen-bond acceptors (Lipinski definition) is 1. The van der Waals surface area contributed by atoms with Crippen LogP contribution in [0.1, 0.15) is 23.5 Å². The molecule has 0 spiro atoms. The monoisotopic (exact) mass is 329 g/mol. The van der Waals surface area contributed by atoms with Crippen molar-refractivity contribution in [2.75, 3.05) is 0 Å². The Hall–Kier alpha value is -1.61. The molecule has 1 amide bonds. The lowest BCUT2D eigenvalue weighted by molar-refractivity contribution is -0.122. The van der Waals surface area contributed by atoms with Crippen molar-refractivity contribution >= 4 is 21.8 Å². The Morgan fingerprint density at radius 2 is 1.80 bits per heavy atom. The van der Waals surface area contributed by atoms with Crippen LogP contribution in [-0.4, -0.2) is 5.91 Å². The summed E-state index contributed by atoms with van der Waals surface area (Å²) in [5.74, 6) is 0.718. The number of hydrogen-bond donors (Lipinski definition) is 1. The molecule has 0 heterocycles. The van der Waals surface area contributed by atoms with E-state index in [1.807, 2.05) is 42.5 Å². The number of rotatable bonds is 4. The Kier molecular flexibility index (Phi) is 3.88. The van der Waals surface area contributed by atoms with Gasteiger partial charge in [0.2, 0.25) is 5.91 Å². The molecule has 3 rings (SSSR count). The second-order valence-electron chi connectivity index (χ2n) is 5.20. The molecule has 1 fully saturated rings. The van der Waals surface area contributed by atoms with Crippen molar-refractivity contribution in [2.24, 2.45) is 5.92 Å². The molecule has 2 aromatic rings. The molecule has 1 N–H and O–H groups in total. The molecule has 0 aromatic heterocycles. The Morgan fingerprint density at radius 3 is 2.50 bits per heavy atom. The van der Waals surface area contributed by atoms with Gasteiger partial charge in [-0.25, -0.2) is 0 Å². The van der Waals surface area contributed by atoms with Crippen LogP contribution in [-0.2, 0) is 11.3 Å². The molecule has 0 saturated heterocycles. The molecule has 3 heteroatoms. The van der Waals surface area contributed by atoms with Crippen molar-refractivity contribution < 1.29 is 4.79 Å². The summed E-state index contributed by atoms with van der Waals surface area (Å²) in [5.41, 5.74) is 2.40. The van der Waals surface area contributed by atoms with Gasteiger partial charge in [-0.15, -0.1) is 0 Å². The molecular weight excluding hydrogens is 314 g/mol. The minimum Gasteiger partial charge on any atom is -0.352 e. The molecule has 2 atom stereocenters. The minimum absolute atomic E-state index is 0.146. The highest BCUT2D eigenvalue weighted by atomic mass is 79.9. The number of amides is 1. The highest BCUT2D eigenvalue weighted by Gasteiger charge is 2.43. The van der Waals surface area contributed by atoms with Gasteiger partial charge in [-0.3, -0.25) is 4.79 Å². The Labute approximate surface area is 127 Å². The average Bonchev–Trinajstić information content (AvgIpc) is 3.28. The van der Waals surface area contributed by atoms with Crippen LogP contribution in [0.4, 0.5) is 0 Å². The SMILES string of the molecule is O=C(NCc1ccc(Br)cc1)C1CC1c1ccccc1. The molecule has 2 nitrogen and oxygen atoms in total. The summed E-state index contributed by atoms with van der Waals surface area (Å²) >= 11 is 3.41. The van der Waals surface area contributed by atoms with E-state index in [1.54, 1.807) is 0 Å². The third-order valence-corrected chi connectivity index (χ3v) is 4.26. The van der Waals surface area contributed by atoms with Gasteiger partial charge in [0.1, 0.15) is 0 Å². The summed E-state index contributed by atoms with van der Waals surface area (Å²) in [6.45, 7) is 0.601. The third-order valence-electron chi connectivity index (χ3n) is 3.73. The summed E-state index contributed by atoms with van der Waals surface area (Å²) < 4.78 is 1.05. The van der Waals surface area contributed by atoms with Crippen LogP contribution in [0.25, 0.3) is 0 Å². The molecule has 1 aliphatic rings. The lowest BCUT2D eigenvalue weighted by Gasteiger charge is -2.05. The van der Waals surface area contributed by atoms with Crippen molar-refractivity contribution in [3.8, 4) is 0 Å². The van der Waals surface area contributed by atoms with Crippen molar-refractivity contribution in [3.05, 3.63) is 70.2 Å². The Balaban J connectivity index is 1.53. The molecule has 20 heavy (non-hydrogen) atoms. The second-order valence-corrected chi connectivity index (χ2v) is 6.12. The number of halogens is 1. The van der Waals surface area contributed by atoms with Gasteiger partial charge in [0, 0.05) is 16.9 Å². The van der Waals surface area contributed by atoms with Gasteiger partial charge in [0.15, 0.2) is 0 Å². The summed E-state index contributed by atoms with van der Waals surface area (Å²) in [6, 6.07) is 18.3. The van der Waals surface area contributed by atoms with E-state index in [2.05, 4.69) is 33.4 Å². The standard InChI is InChI=1S/C17H16BrNO/c18-14-8-6-12(7-9-14)11-19-17(20)16-10-15(16)13-4-2-1-3-5-13/h1-9,15-16H,10-11H2,(H,19,20). The maximum atomic E-state index is 12.1. The van der Waals surface area contributed by atoms with E-state index in [0.29, 0.717) is 12.5 Å². The van der Waals surface area contributed by atoms with E-state index in [9.17, 15) is 4.79 Å². The largest absolute Gasteiger partial charge is 0.352 e. The maximum absolute atomic E-state index is 12.1. The lowest BCUT2D eigenvalue weighted by Crippen LogP contribution is -2.24. The van der Waals surface area contributed by atoms with Gasteiger partial charge < -0.3 is 5.32 Å². The highest BCUT2D eigenvalue weighted by molar-refractivity contribution is 9.10. The van der Waals surface area contributed by atoms with E-state index < -0.39 is 0 Å². The van der Waals surface area contributed by atoms with Crippen molar-refractivity contribution in [3.63, 3.8) is 0 Å². The fourth-order valence-electron chi connectivity index (χ4n) is 2.48. The van der Waals surface area contributed by atoms with Crippen LogP contribution >= 0.6 is 15.9 Å². The van der Waals surface area contributed by atoms with Crippen LogP contribution in [0.5, 0.6) is 0 Å². The predicted molar refractivity (Wildman–Crippen MR) is 83.3 cm³/mol. The molecule has 0 radical (unpaired) electrons. The molecule has 0 bridgehead atoms. The van der Waals surface area contributed by atoms with E-state index in [4.69, 9.17) is 0 Å². The molecular formula is C17H16BrNO. The van der Waals surface area contributed by atoms with Crippen molar-refractivity contribution in [2.45, 2.75) is 18.9 Å². The average molecular weight is 330 g/mol. The van der Waals surface area contributed by atoms with E-state index in [1.165, 1.54) is 5.56 Å². The first-order valence-corrected chi connectivity index (χ1v) is 7.60. The van der Waals surface area contributed by atoms with Gasteiger partial charge in [0.25, 0.3) is 0 Å². The normalized spacial score (nSPS) is 20.4. The molecule has 1 aliphatic carbocycles. The number of nitrogens with one attached hydrogen (secondary N) is 1. The maximum Gasteiger partial charge on any atom is 0.224 e. The zero-order valence-electron chi connectivity index (χ0n) is 11.1. The van der Waals surface area contributed by atoms with Crippen LogP contribution in [0, 0.1) is 5.92 Å². The second kappa shape index (κ2) is 5.80. The van der Waals surface area contributed by atoms with E-state index >= 15 is 0 Å². The smallest absolute Gasteiger partial charge is 0.224 e. The van der Waals surface area contributed by atoms with Crippen molar-refractivity contribution in [1.82, 2.24) is 5.32 Å². The van der Waals surface area contributed by atoms with Crippen LogP contribution in [0.2, 0.25) is 0 Å². The van der Waals surface area contributed by atoms with Crippen LogP contribution < -0.4 is 5.32 Å². The molecule has 102 valence electrons. The quantitative estimate of drug-likeness (QED) is 0.906. The molecule has 1 saturated carbocycles. The summed E-state index contributed by atoms with van der Waals surface area (Å²) in [5, 5.41) is 3.03. The number of carbonyl (C=O) groups is 1. The zero-order valence-corrected chi connectivity index (χ0v) is 12.6. The van der Waals surface area contributed by atoms with Gasteiger partial charge in [-0.1, -0.05) is 58.4 Å². The van der Waals surface area contributed by atoms with Crippen LogP contribution in [0.15, 0.2) is 59.1 Å². The Bertz CT molecular complexity index is 594. The fraction of sp³-hybridized carbons (Fsp3) is 0.235. The van der Waals surface area contributed by atoms with E-state index in [-0.39, 0.29) is 11.8 Å². The van der Waals surface area contributed by atoms with Gasteiger partial charge in [-0.05, 0) is 35.6 Å². The predicted octanol–water partition coefficient (Wildman–Crippen LogP) is 3.87. The topological polar surface area (TPSA) is 29.1 Å². The first-order chi connectivity index (χ1) is 9.74. The summed E-state index contributed by atoms with van der Waals surface area (Å²) in [7, 11) is 0. The lowest BCUT2D eigenvalue weighted by atomic mass is 10.1. The number of benzene rings is 2. The summed E-state index contributed by atoms with van der Waals surface area (Å²) in [6.07, 6.45) is 0.968. The zero-order chi connectivity index (χ0) is 13.9. The summed E-state index contributed by atoms with van der Waals surface area (Å²) in [4.78, 5) is 12.1. The first-order valence-electron chi connectivity index (χ1n) is 6.81. The van der Waals surface area contributed by atoms with Gasteiger partial charge in [0.05, 0.1) is 0 Å². The minimum atomic E-state index is 0.146. The number of carbonyl (C=O) groups excluding carboxylic acids is 1. The van der Waals surface area contributed by atoms with Gasteiger partial charge in [-0.2, -0.15) is 0 Å². The third kappa shape index (κ3) is 3.10. The first kappa shape index (κ1) is 13.4.